The van der Waals surface area contributed by atoms with Gasteiger partial charge >= 0.3 is 0 Å². The third kappa shape index (κ3) is 2.23. The summed E-state index contributed by atoms with van der Waals surface area (Å²) >= 11 is 1.79. The second-order valence-electron chi connectivity index (χ2n) is 5.29. The van der Waals surface area contributed by atoms with E-state index in [1.165, 1.54) is 15.3 Å². The van der Waals surface area contributed by atoms with Crippen molar-refractivity contribution in [3.63, 3.8) is 0 Å². The van der Waals surface area contributed by atoms with Crippen LogP contribution in [0.5, 0.6) is 0 Å². The van der Waals surface area contributed by atoms with Crippen molar-refractivity contribution in [1.29, 1.82) is 0 Å². The standard InChI is InChI=1S/C16H16N4S/c1-11-4-5-15(21-11)13-9-16-18-8-6-14(20(16)19-13)12-3-2-7-17-10-12/h2-5,7,9-10,14,18H,6,8H2,1H3. The number of thiophene rings is 1. The highest BCUT2D eigenvalue weighted by molar-refractivity contribution is 7.15. The van der Waals surface area contributed by atoms with E-state index in [-0.39, 0.29) is 6.04 Å². The molecule has 1 aliphatic heterocycles. The van der Waals surface area contributed by atoms with Gasteiger partial charge in [0.25, 0.3) is 0 Å². The molecule has 21 heavy (non-hydrogen) atoms. The fourth-order valence-corrected chi connectivity index (χ4v) is 3.62. The van der Waals surface area contributed by atoms with Crippen molar-refractivity contribution >= 4 is 17.2 Å². The molecule has 0 saturated heterocycles. The van der Waals surface area contributed by atoms with E-state index in [0.29, 0.717) is 0 Å². The molecule has 0 aliphatic carbocycles. The van der Waals surface area contributed by atoms with Crippen molar-refractivity contribution in [3.05, 3.63) is 53.2 Å². The zero-order chi connectivity index (χ0) is 14.2. The fraction of sp³-hybridized carbons (Fsp3) is 0.250. The quantitative estimate of drug-likeness (QED) is 0.783. The Morgan fingerprint density at radius 1 is 1.33 bits per heavy atom. The molecule has 0 saturated carbocycles. The molecule has 4 heterocycles. The van der Waals surface area contributed by atoms with Crippen molar-refractivity contribution < 1.29 is 0 Å². The SMILES string of the molecule is Cc1ccc(-c2cc3n(n2)C(c2cccnc2)CCN3)s1. The lowest BCUT2D eigenvalue weighted by Crippen LogP contribution is -2.24. The topological polar surface area (TPSA) is 42.7 Å². The molecular weight excluding hydrogens is 280 g/mol. The molecule has 3 aromatic rings. The second-order valence-corrected chi connectivity index (χ2v) is 6.58. The molecular formula is C16H16N4S. The Hall–Kier alpha value is -2.14. The lowest BCUT2D eigenvalue weighted by atomic mass is 10.0. The van der Waals surface area contributed by atoms with Crippen molar-refractivity contribution in [3.8, 4) is 10.6 Å². The monoisotopic (exact) mass is 296 g/mol. The lowest BCUT2D eigenvalue weighted by Gasteiger charge is -2.25. The predicted octanol–water partition coefficient (Wildman–Crippen LogP) is 3.72. The first-order valence-corrected chi connectivity index (χ1v) is 7.93. The van der Waals surface area contributed by atoms with Crippen LogP contribution in [0.3, 0.4) is 0 Å². The van der Waals surface area contributed by atoms with E-state index in [1.807, 2.05) is 18.5 Å². The number of aryl methyl sites for hydroxylation is 1. The minimum atomic E-state index is 0.268. The van der Waals surface area contributed by atoms with E-state index < -0.39 is 0 Å². The Bertz CT molecular complexity index is 760. The average Bonchev–Trinajstić information content (AvgIpc) is 3.13. The van der Waals surface area contributed by atoms with Gasteiger partial charge < -0.3 is 5.32 Å². The molecule has 1 atom stereocenters. The molecule has 0 aromatic carbocycles. The predicted molar refractivity (Wildman–Crippen MR) is 85.8 cm³/mol. The molecule has 0 radical (unpaired) electrons. The van der Waals surface area contributed by atoms with Crippen LogP contribution in [-0.4, -0.2) is 21.3 Å². The summed E-state index contributed by atoms with van der Waals surface area (Å²) in [5.74, 6) is 1.09. The van der Waals surface area contributed by atoms with Crippen molar-refractivity contribution in [2.75, 3.05) is 11.9 Å². The number of fused-ring (bicyclic) bond motifs is 1. The molecule has 4 nitrogen and oxygen atoms in total. The Morgan fingerprint density at radius 2 is 2.29 bits per heavy atom. The molecule has 0 bridgehead atoms. The third-order valence-corrected chi connectivity index (χ3v) is 4.84. The van der Waals surface area contributed by atoms with E-state index >= 15 is 0 Å². The summed E-state index contributed by atoms with van der Waals surface area (Å²) in [6.45, 7) is 3.09. The molecule has 1 aliphatic rings. The van der Waals surface area contributed by atoms with Crippen molar-refractivity contribution in [2.24, 2.45) is 0 Å². The van der Waals surface area contributed by atoms with Gasteiger partial charge in [0.05, 0.1) is 10.9 Å². The van der Waals surface area contributed by atoms with Crippen LogP contribution in [0, 0.1) is 6.92 Å². The molecule has 1 N–H and O–H groups in total. The maximum atomic E-state index is 4.83. The van der Waals surface area contributed by atoms with Crippen LogP contribution >= 0.6 is 11.3 Å². The third-order valence-electron chi connectivity index (χ3n) is 3.82. The van der Waals surface area contributed by atoms with Crippen molar-refractivity contribution in [2.45, 2.75) is 19.4 Å². The van der Waals surface area contributed by atoms with Gasteiger partial charge in [0.2, 0.25) is 0 Å². The van der Waals surface area contributed by atoms with Gasteiger partial charge in [-0.1, -0.05) is 6.07 Å². The first-order valence-electron chi connectivity index (χ1n) is 7.11. The van der Waals surface area contributed by atoms with E-state index in [9.17, 15) is 0 Å². The van der Waals surface area contributed by atoms with Gasteiger partial charge in [0.15, 0.2) is 0 Å². The molecule has 1 unspecified atom stereocenters. The number of rotatable bonds is 2. The van der Waals surface area contributed by atoms with E-state index in [4.69, 9.17) is 5.10 Å². The molecule has 0 amide bonds. The van der Waals surface area contributed by atoms with Crippen LogP contribution < -0.4 is 5.32 Å². The maximum Gasteiger partial charge on any atom is 0.125 e. The minimum absolute atomic E-state index is 0.268. The molecule has 4 rings (SSSR count). The van der Waals surface area contributed by atoms with Crippen LogP contribution in [0.2, 0.25) is 0 Å². The van der Waals surface area contributed by atoms with E-state index in [2.05, 4.69) is 46.2 Å². The Morgan fingerprint density at radius 3 is 3.05 bits per heavy atom. The van der Waals surface area contributed by atoms with Crippen molar-refractivity contribution in [1.82, 2.24) is 14.8 Å². The van der Waals surface area contributed by atoms with Gasteiger partial charge in [-0.05, 0) is 37.1 Å². The summed E-state index contributed by atoms with van der Waals surface area (Å²) in [5, 5.41) is 8.27. The number of pyridine rings is 1. The summed E-state index contributed by atoms with van der Waals surface area (Å²) in [7, 11) is 0. The van der Waals surface area contributed by atoms with Crippen LogP contribution in [0.4, 0.5) is 5.82 Å². The van der Waals surface area contributed by atoms with E-state index in [0.717, 1.165) is 24.5 Å². The summed E-state index contributed by atoms with van der Waals surface area (Å²) in [6.07, 6.45) is 4.79. The average molecular weight is 296 g/mol. The highest BCUT2D eigenvalue weighted by atomic mass is 32.1. The summed E-state index contributed by atoms with van der Waals surface area (Å²) in [5.41, 5.74) is 2.27. The summed E-state index contributed by atoms with van der Waals surface area (Å²) in [6, 6.07) is 10.8. The number of anilines is 1. The Labute approximate surface area is 127 Å². The van der Waals surface area contributed by atoms with Crippen LogP contribution in [0.15, 0.2) is 42.7 Å². The van der Waals surface area contributed by atoms with Crippen LogP contribution in [-0.2, 0) is 0 Å². The van der Waals surface area contributed by atoms with Gasteiger partial charge in [0, 0.05) is 29.9 Å². The highest BCUT2D eigenvalue weighted by Crippen LogP contribution is 2.34. The largest absolute Gasteiger partial charge is 0.370 e. The fourth-order valence-electron chi connectivity index (χ4n) is 2.80. The van der Waals surface area contributed by atoms with Crippen LogP contribution in [0.25, 0.3) is 10.6 Å². The number of hydrogen-bond donors (Lipinski definition) is 1. The smallest absolute Gasteiger partial charge is 0.125 e. The zero-order valence-corrected chi connectivity index (χ0v) is 12.6. The van der Waals surface area contributed by atoms with Crippen LogP contribution in [0.1, 0.15) is 22.9 Å². The molecule has 0 spiro atoms. The number of hydrogen-bond acceptors (Lipinski definition) is 4. The van der Waals surface area contributed by atoms with E-state index in [1.54, 1.807) is 11.3 Å². The van der Waals surface area contributed by atoms with Gasteiger partial charge in [-0.25, -0.2) is 4.68 Å². The maximum absolute atomic E-state index is 4.83. The summed E-state index contributed by atoms with van der Waals surface area (Å²) in [4.78, 5) is 6.78. The number of nitrogens with one attached hydrogen (secondary N) is 1. The normalized spacial score (nSPS) is 17.3. The lowest BCUT2D eigenvalue weighted by molar-refractivity contribution is 0.482. The second kappa shape index (κ2) is 5.00. The minimum Gasteiger partial charge on any atom is -0.370 e. The summed E-state index contributed by atoms with van der Waals surface area (Å²) < 4.78 is 2.10. The van der Waals surface area contributed by atoms with Gasteiger partial charge in [0.1, 0.15) is 11.5 Å². The Kier molecular flexibility index (Phi) is 3.00. The Balaban J connectivity index is 1.76. The molecule has 5 heteroatoms. The highest BCUT2D eigenvalue weighted by Gasteiger charge is 2.23. The van der Waals surface area contributed by atoms with Gasteiger partial charge in [-0.3, -0.25) is 4.98 Å². The van der Waals surface area contributed by atoms with Gasteiger partial charge in [-0.15, -0.1) is 11.3 Å². The molecule has 0 fully saturated rings. The zero-order valence-electron chi connectivity index (χ0n) is 11.8. The first-order chi connectivity index (χ1) is 10.3. The molecule has 106 valence electrons. The van der Waals surface area contributed by atoms with Gasteiger partial charge in [-0.2, -0.15) is 5.10 Å². The first kappa shape index (κ1) is 12.6. The number of aromatic nitrogens is 3. The number of nitrogens with zero attached hydrogens (tertiary/aromatic N) is 3. The molecule has 3 aromatic heterocycles.